The topological polar surface area (TPSA) is 122 Å². The van der Waals surface area contributed by atoms with Crippen LogP contribution in [0.25, 0.3) is 5.57 Å². The molecule has 0 bridgehead atoms. The van der Waals surface area contributed by atoms with E-state index in [2.05, 4.69) is 10.4 Å². The van der Waals surface area contributed by atoms with Gasteiger partial charge in [0.05, 0.1) is 45.5 Å². The number of aliphatic carboxylic acids is 1. The van der Waals surface area contributed by atoms with Gasteiger partial charge < -0.3 is 15.5 Å². The van der Waals surface area contributed by atoms with Crippen LogP contribution in [0.2, 0.25) is 5.02 Å². The third kappa shape index (κ3) is 5.28. The van der Waals surface area contributed by atoms with Crippen molar-refractivity contribution in [2.24, 2.45) is 11.8 Å². The zero-order valence-corrected chi connectivity index (χ0v) is 24.2. The lowest BCUT2D eigenvalue weighted by atomic mass is 9.82. The molecule has 2 aromatic rings. The van der Waals surface area contributed by atoms with E-state index in [0.29, 0.717) is 56.3 Å². The van der Waals surface area contributed by atoms with Crippen LogP contribution in [0.1, 0.15) is 90.7 Å². The number of hydrogen-bond acceptors (Lipinski definition) is 5. The fourth-order valence-corrected chi connectivity index (χ4v) is 7.28. The molecule has 4 atom stereocenters. The molecular weight excluding hydrogens is 587 g/mol. The number of carboxylic acids is 1. The highest BCUT2D eigenvalue weighted by Gasteiger charge is 2.65. The number of hydrogen-bond donors (Lipinski definition) is 3. The van der Waals surface area contributed by atoms with E-state index in [1.54, 1.807) is 0 Å². The quantitative estimate of drug-likeness (QED) is 0.408. The maximum absolute atomic E-state index is 14.2. The summed E-state index contributed by atoms with van der Waals surface area (Å²) in [4.78, 5) is 39.0. The van der Waals surface area contributed by atoms with Gasteiger partial charge in [-0.2, -0.15) is 23.0 Å². The Morgan fingerprint density at radius 3 is 2.42 bits per heavy atom. The summed E-state index contributed by atoms with van der Waals surface area (Å²) in [5.41, 5.74) is -0.0918. The number of aliphatic hydroxyl groups is 1. The molecule has 2 saturated carbocycles. The molecule has 0 spiro atoms. The van der Waals surface area contributed by atoms with Crippen molar-refractivity contribution in [1.82, 2.24) is 15.1 Å². The fraction of sp³-hybridized carbons (Fsp3) is 0.548. The molecule has 230 valence electrons. The van der Waals surface area contributed by atoms with E-state index < -0.39 is 41.4 Å². The second-order valence-electron chi connectivity index (χ2n) is 12.3. The van der Waals surface area contributed by atoms with Gasteiger partial charge in [-0.1, -0.05) is 29.8 Å². The Kier molecular flexibility index (Phi) is 7.69. The maximum atomic E-state index is 14.2. The number of allylic oxidation sites excluding steroid dienone is 2. The predicted octanol–water partition coefficient (Wildman–Crippen LogP) is 5.22. The summed E-state index contributed by atoms with van der Waals surface area (Å²) in [7, 11) is 0. The van der Waals surface area contributed by atoms with Gasteiger partial charge in [0.1, 0.15) is 0 Å². The minimum Gasteiger partial charge on any atom is -0.481 e. The molecule has 4 aliphatic carbocycles. The number of carbonyl (C=O) groups excluding carboxylic acids is 2. The van der Waals surface area contributed by atoms with Gasteiger partial charge >= 0.3 is 12.1 Å². The van der Waals surface area contributed by atoms with Crippen LogP contribution in [0.3, 0.4) is 0 Å². The molecule has 12 heteroatoms. The Balaban J connectivity index is 1.40. The highest BCUT2D eigenvalue weighted by Crippen LogP contribution is 2.60. The summed E-state index contributed by atoms with van der Waals surface area (Å²) in [6.45, 7) is 0. The molecule has 0 radical (unpaired) electrons. The predicted molar refractivity (Wildman–Crippen MR) is 151 cm³/mol. The van der Waals surface area contributed by atoms with E-state index >= 15 is 0 Å². The van der Waals surface area contributed by atoms with Crippen molar-refractivity contribution in [3.05, 3.63) is 57.4 Å². The Hall–Kier alpha value is -3.18. The summed E-state index contributed by atoms with van der Waals surface area (Å²) in [5, 5.41) is 27.1. The number of halogens is 4. The van der Waals surface area contributed by atoms with Gasteiger partial charge in [0.2, 0.25) is 5.91 Å². The highest BCUT2D eigenvalue weighted by molar-refractivity contribution is 6.34. The Bertz CT molecular complexity index is 1510. The van der Waals surface area contributed by atoms with Crippen LogP contribution in [-0.2, 0) is 27.8 Å². The first-order chi connectivity index (χ1) is 20.4. The average Bonchev–Trinajstić information content (AvgIpc) is 3.59. The van der Waals surface area contributed by atoms with Crippen molar-refractivity contribution in [2.45, 2.75) is 94.4 Å². The molecule has 8 nitrogen and oxygen atoms in total. The van der Waals surface area contributed by atoms with Crippen LogP contribution in [-0.4, -0.2) is 56.1 Å². The second kappa shape index (κ2) is 11.1. The summed E-state index contributed by atoms with van der Waals surface area (Å²) >= 11 is 6.45. The first kappa shape index (κ1) is 29.9. The second-order valence-corrected chi connectivity index (χ2v) is 12.7. The van der Waals surface area contributed by atoms with Gasteiger partial charge in [-0.05, 0) is 81.4 Å². The number of aromatic nitrogens is 2. The van der Waals surface area contributed by atoms with Crippen LogP contribution < -0.4 is 5.32 Å². The number of amides is 1. The van der Waals surface area contributed by atoms with Crippen LogP contribution >= 0.6 is 11.6 Å². The van der Waals surface area contributed by atoms with Crippen LogP contribution in [0.5, 0.6) is 0 Å². The molecule has 3 unspecified atom stereocenters. The smallest absolute Gasteiger partial charge is 0.398 e. The van der Waals surface area contributed by atoms with Crippen LogP contribution in [0.15, 0.2) is 24.3 Å². The van der Waals surface area contributed by atoms with Crippen molar-refractivity contribution >= 4 is 35.0 Å². The van der Waals surface area contributed by atoms with Crippen molar-refractivity contribution in [3.63, 3.8) is 0 Å². The Morgan fingerprint density at radius 1 is 1.07 bits per heavy atom. The third-order valence-corrected chi connectivity index (χ3v) is 10.1. The van der Waals surface area contributed by atoms with Gasteiger partial charge in [-0.25, -0.2) is 0 Å². The lowest BCUT2D eigenvalue weighted by molar-refractivity contribution is -0.160. The molecule has 43 heavy (non-hydrogen) atoms. The van der Waals surface area contributed by atoms with Crippen molar-refractivity contribution in [1.29, 1.82) is 0 Å². The number of fused-ring (bicyclic) bond motifs is 1. The number of nitrogens with one attached hydrogen (secondary N) is 1. The third-order valence-electron chi connectivity index (χ3n) is 9.74. The summed E-state index contributed by atoms with van der Waals surface area (Å²) in [6, 6.07) is 3.76. The monoisotopic (exact) mass is 619 g/mol. The molecule has 1 aromatic carbocycles. The zero-order valence-electron chi connectivity index (χ0n) is 23.4. The zero-order chi connectivity index (χ0) is 30.7. The Morgan fingerprint density at radius 2 is 1.81 bits per heavy atom. The normalized spacial score (nSPS) is 26.4. The SMILES string of the molecule is O=C(O)C1CC=C(c2nn(C(=O)c3c(Cl)cccc3C3(C(F)(F)F)CC3)c3c2CCC(C(=O)N[C@@H]2CCCC2O)C3)CC1. The summed E-state index contributed by atoms with van der Waals surface area (Å²) < 4.78 is 43.8. The lowest BCUT2D eigenvalue weighted by Gasteiger charge is -2.26. The number of rotatable bonds is 6. The molecule has 6 rings (SSSR count). The molecule has 1 heterocycles. The van der Waals surface area contributed by atoms with Gasteiger partial charge in [0.25, 0.3) is 5.91 Å². The highest BCUT2D eigenvalue weighted by atomic mass is 35.5. The van der Waals surface area contributed by atoms with Gasteiger partial charge in [0, 0.05) is 17.9 Å². The number of benzene rings is 1. The lowest BCUT2D eigenvalue weighted by Crippen LogP contribution is -2.44. The van der Waals surface area contributed by atoms with Crippen molar-refractivity contribution < 1.29 is 37.8 Å². The average molecular weight is 620 g/mol. The molecule has 2 fully saturated rings. The van der Waals surface area contributed by atoms with Crippen LogP contribution in [0.4, 0.5) is 13.2 Å². The van der Waals surface area contributed by atoms with Crippen molar-refractivity contribution in [3.8, 4) is 0 Å². The number of alkyl halides is 3. The fourth-order valence-electron chi connectivity index (χ4n) is 7.02. The van der Waals surface area contributed by atoms with Crippen LogP contribution in [0, 0.1) is 11.8 Å². The van der Waals surface area contributed by atoms with E-state index in [-0.39, 0.29) is 47.4 Å². The van der Waals surface area contributed by atoms with Gasteiger partial charge in [-0.15, -0.1) is 0 Å². The number of aliphatic hydroxyl groups excluding tert-OH is 1. The minimum atomic E-state index is -4.57. The summed E-state index contributed by atoms with van der Waals surface area (Å²) in [5.74, 6) is -2.96. The minimum absolute atomic E-state index is 0.106. The van der Waals surface area contributed by atoms with E-state index in [4.69, 9.17) is 11.6 Å². The number of carboxylic acid groups (broad SMARTS) is 1. The molecule has 0 aliphatic heterocycles. The molecular formula is C31H33ClF3N3O5. The largest absolute Gasteiger partial charge is 0.481 e. The maximum Gasteiger partial charge on any atom is 0.398 e. The first-order valence-corrected chi connectivity index (χ1v) is 15.2. The molecule has 0 saturated heterocycles. The van der Waals surface area contributed by atoms with E-state index in [0.717, 1.165) is 22.2 Å². The van der Waals surface area contributed by atoms with E-state index in [1.165, 1.54) is 18.2 Å². The molecule has 4 aliphatic rings. The number of nitrogens with zero attached hydrogens (tertiary/aromatic N) is 2. The number of carbonyl (C=O) groups is 3. The van der Waals surface area contributed by atoms with E-state index in [1.807, 2.05) is 6.08 Å². The molecule has 3 N–H and O–H groups in total. The van der Waals surface area contributed by atoms with Crippen molar-refractivity contribution in [2.75, 3.05) is 0 Å². The first-order valence-electron chi connectivity index (χ1n) is 14.8. The van der Waals surface area contributed by atoms with E-state index in [9.17, 15) is 37.8 Å². The van der Waals surface area contributed by atoms with Gasteiger partial charge in [-0.3, -0.25) is 14.4 Å². The molecule has 1 aromatic heterocycles. The Labute approximate surface area is 251 Å². The molecule has 1 amide bonds. The summed E-state index contributed by atoms with van der Waals surface area (Å²) in [6.07, 6.45) is 0.566. The van der Waals surface area contributed by atoms with Gasteiger partial charge in [0.15, 0.2) is 0 Å². The standard InChI is InChI=1S/C31H33ClF3N3O5/c32-21-4-1-3-20(30(13-14-30)31(33,34)35)25(21)28(41)38-23-15-18(27(40)36-22-5-2-6-24(22)39)11-12-19(23)26(37-38)16-7-9-17(10-8-16)29(42)43/h1,3-4,7,17-18,22,24,39H,2,5-6,8-15H2,(H,36,40)(H,42,43)/t17?,18?,22-,24?/m1/s1.